The molecule has 1 amide bonds. The van der Waals surface area contributed by atoms with E-state index in [9.17, 15) is 9.18 Å². The van der Waals surface area contributed by atoms with Gasteiger partial charge in [0.25, 0.3) is 0 Å². The second kappa shape index (κ2) is 7.81. The maximum atomic E-state index is 14.1. The number of nitrogens with one attached hydrogen (secondary N) is 1. The molecule has 1 atom stereocenters. The molecule has 1 aromatic carbocycles. The van der Waals surface area contributed by atoms with Crippen LogP contribution >= 0.6 is 0 Å². The number of rotatable bonds is 5. The third-order valence-electron chi connectivity index (χ3n) is 4.71. The van der Waals surface area contributed by atoms with Crippen LogP contribution in [-0.4, -0.2) is 35.2 Å². The van der Waals surface area contributed by atoms with Crippen LogP contribution in [0.5, 0.6) is 0 Å². The van der Waals surface area contributed by atoms with Crippen molar-refractivity contribution in [3.8, 4) is 0 Å². The number of anilines is 1. The second-order valence-corrected chi connectivity index (χ2v) is 7.22. The molecule has 2 aromatic rings. The summed E-state index contributed by atoms with van der Waals surface area (Å²) in [5.41, 5.74) is 2.26. The van der Waals surface area contributed by atoms with Crippen LogP contribution in [0, 0.1) is 12.7 Å². The van der Waals surface area contributed by atoms with Gasteiger partial charge < -0.3 is 10.2 Å². The number of carbonyl (C=O) groups is 1. The van der Waals surface area contributed by atoms with Crippen LogP contribution in [-0.2, 0) is 11.2 Å². The maximum Gasteiger partial charge on any atom is 0.224 e. The lowest BCUT2D eigenvalue weighted by molar-refractivity contribution is -0.121. The van der Waals surface area contributed by atoms with Crippen molar-refractivity contribution in [2.24, 2.45) is 0 Å². The van der Waals surface area contributed by atoms with Gasteiger partial charge in [-0.15, -0.1) is 5.10 Å². The summed E-state index contributed by atoms with van der Waals surface area (Å²) in [6.07, 6.45) is 1.05. The van der Waals surface area contributed by atoms with E-state index in [2.05, 4.69) is 20.4 Å². The molecular formula is C20H25FN4O. The molecule has 6 heteroatoms. The van der Waals surface area contributed by atoms with E-state index in [4.69, 9.17) is 0 Å². The number of aryl methyl sites for hydroxylation is 1. The fourth-order valence-corrected chi connectivity index (χ4v) is 3.26. The van der Waals surface area contributed by atoms with Crippen molar-refractivity contribution >= 4 is 11.7 Å². The summed E-state index contributed by atoms with van der Waals surface area (Å²) >= 11 is 0. The molecule has 1 aliphatic rings. The Bertz CT molecular complexity index is 776. The molecule has 2 heterocycles. The molecule has 3 rings (SSSR count). The molecule has 1 saturated heterocycles. The first-order valence-electron chi connectivity index (χ1n) is 9.05. The van der Waals surface area contributed by atoms with Crippen molar-refractivity contribution in [3.05, 3.63) is 53.0 Å². The fourth-order valence-electron chi connectivity index (χ4n) is 3.26. The third-order valence-corrected chi connectivity index (χ3v) is 4.71. The Balaban J connectivity index is 1.54. The van der Waals surface area contributed by atoms with Crippen LogP contribution < -0.4 is 10.2 Å². The van der Waals surface area contributed by atoms with E-state index in [1.165, 1.54) is 6.07 Å². The molecular weight excluding hydrogens is 331 g/mol. The number of hydrogen-bond donors (Lipinski definition) is 1. The van der Waals surface area contributed by atoms with Crippen molar-refractivity contribution in [2.45, 2.75) is 45.6 Å². The Morgan fingerprint density at radius 1 is 1.31 bits per heavy atom. The molecule has 0 bridgehead atoms. The molecule has 1 aromatic heterocycles. The fraction of sp³-hybridized carbons (Fsp3) is 0.450. The predicted molar refractivity (Wildman–Crippen MR) is 99.7 cm³/mol. The van der Waals surface area contributed by atoms with Gasteiger partial charge in [-0.1, -0.05) is 26.0 Å². The van der Waals surface area contributed by atoms with Crippen LogP contribution in [0.4, 0.5) is 10.2 Å². The van der Waals surface area contributed by atoms with Gasteiger partial charge in [0.05, 0.1) is 12.1 Å². The largest absolute Gasteiger partial charge is 0.353 e. The highest BCUT2D eigenvalue weighted by molar-refractivity contribution is 5.79. The highest BCUT2D eigenvalue weighted by Gasteiger charge is 2.25. The van der Waals surface area contributed by atoms with Gasteiger partial charge in [-0.2, -0.15) is 5.10 Å². The summed E-state index contributed by atoms with van der Waals surface area (Å²) in [5, 5.41) is 11.3. The van der Waals surface area contributed by atoms with Crippen LogP contribution in [0.25, 0.3) is 0 Å². The molecule has 1 N–H and O–H groups in total. The normalized spacial score (nSPS) is 17.0. The van der Waals surface area contributed by atoms with Gasteiger partial charge in [0.15, 0.2) is 5.82 Å². The van der Waals surface area contributed by atoms with Crippen LogP contribution in [0.15, 0.2) is 30.3 Å². The average Bonchev–Trinajstić information content (AvgIpc) is 3.03. The van der Waals surface area contributed by atoms with Gasteiger partial charge >= 0.3 is 0 Å². The Morgan fingerprint density at radius 3 is 2.77 bits per heavy atom. The SMILES string of the molecule is Cc1ccc(N2CC[C@H](NC(=O)Cc3ccc(C(C)C)c(F)c3)C2)nn1. The van der Waals surface area contributed by atoms with Crippen molar-refractivity contribution in [3.63, 3.8) is 0 Å². The Morgan fingerprint density at radius 2 is 2.12 bits per heavy atom. The van der Waals surface area contributed by atoms with E-state index >= 15 is 0 Å². The monoisotopic (exact) mass is 356 g/mol. The van der Waals surface area contributed by atoms with Crippen molar-refractivity contribution in [1.29, 1.82) is 0 Å². The lowest BCUT2D eigenvalue weighted by atomic mass is 10.00. The van der Waals surface area contributed by atoms with Gasteiger partial charge in [0.1, 0.15) is 5.82 Å². The first kappa shape index (κ1) is 18.3. The van der Waals surface area contributed by atoms with E-state index < -0.39 is 0 Å². The number of carbonyl (C=O) groups excluding carboxylic acids is 1. The topological polar surface area (TPSA) is 58.1 Å². The van der Waals surface area contributed by atoms with E-state index in [0.717, 1.165) is 24.5 Å². The van der Waals surface area contributed by atoms with Gasteiger partial charge in [0.2, 0.25) is 5.91 Å². The molecule has 0 saturated carbocycles. The number of hydrogen-bond acceptors (Lipinski definition) is 4. The zero-order chi connectivity index (χ0) is 18.7. The lowest BCUT2D eigenvalue weighted by Crippen LogP contribution is -2.38. The van der Waals surface area contributed by atoms with Gasteiger partial charge in [0, 0.05) is 19.1 Å². The summed E-state index contributed by atoms with van der Waals surface area (Å²) in [6.45, 7) is 7.36. The highest BCUT2D eigenvalue weighted by atomic mass is 19.1. The van der Waals surface area contributed by atoms with E-state index in [0.29, 0.717) is 17.7 Å². The molecule has 0 radical (unpaired) electrons. The minimum atomic E-state index is -0.240. The number of amides is 1. The predicted octanol–water partition coefficient (Wildman–Crippen LogP) is 2.99. The van der Waals surface area contributed by atoms with E-state index in [1.54, 1.807) is 6.07 Å². The summed E-state index contributed by atoms with van der Waals surface area (Å²) in [7, 11) is 0. The van der Waals surface area contributed by atoms with Crippen molar-refractivity contribution < 1.29 is 9.18 Å². The Hall–Kier alpha value is -2.50. The summed E-state index contributed by atoms with van der Waals surface area (Å²) in [4.78, 5) is 14.4. The average molecular weight is 356 g/mol. The second-order valence-electron chi connectivity index (χ2n) is 7.22. The Kier molecular flexibility index (Phi) is 5.49. The van der Waals surface area contributed by atoms with Crippen LogP contribution in [0.3, 0.4) is 0 Å². The third kappa shape index (κ3) is 4.36. The Labute approximate surface area is 153 Å². The number of benzene rings is 1. The molecule has 26 heavy (non-hydrogen) atoms. The van der Waals surface area contributed by atoms with E-state index in [-0.39, 0.29) is 30.1 Å². The minimum absolute atomic E-state index is 0.0744. The smallest absolute Gasteiger partial charge is 0.224 e. The molecule has 0 spiro atoms. The van der Waals surface area contributed by atoms with Gasteiger partial charge in [-0.05, 0) is 48.6 Å². The quantitative estimate of drug-likeness (QED) is 0.895. The molecule has 1 fully saturated rings. The summed E-state index contributed by atoms with van der Waals surface area (Å²) in [5.74, 6) is 0.643. The van der Waals surface area contributed by atoms with Crippen molar-refractivity contribution in [1.82, 2.24) is 15.5 Å². The standard InChI is InChI=1S/C20H25FN4O/c1-13(2)17-6-5-15(10-18(17)21)11-20(26)22-16-8-9-25(12-16)19-7-4-14(3)23-24-19/h4-7,10,13,16H,8-9,11-12H2,1-3H3,(H,22,26)/t16-/m0/s1. The first-order chi connectivity index (χ1) is 12.4. The molecule has 0 unspecified atom stereocenters. The van der Waals surface area contributed by atoms with Crippen LogP contribution in [0.1, 0.15) is 43.0 Å². The number of halogens is 1. The molecule has 138 valence electrons. The number of aromatic nitrogens is 2. The van der Waals surface area contributed by atoms with Gasteiger partial charge in [-0.3, -0.25) is 4.79 Å². The maximum absolute atomic E-state index is 14.1. The number of nitrogens with zero attached hydrogens (tertiary/aromatic N) is 3. The first-order valence-corrected chi connectivity index (χ1v) is 9.05. The van der Waals surface area contributed by atoms with Gasteiger partial charge in [-0.25, -0.2) is 4.39 Å². The molecule has 5 nitrogen and oxygen atoms in total. The molecule has 0 aliphatic carbocycles. The highest BCUT2D eigenvalue weighted by Crippen LogP contribution is 2.20. The summed E-state index contributed by atoms with van der Waals surface area (Å²) < 4.78 is 14.1. The summed E-state index contributed by atoms with van der Waals surface area (Å²) in [6, 6.07) is 9.04. The minimum Gasteiger partial charge on any atom is -0.353 e. The molecule has 1 aliphatic heterocycles. The van der Waals surface area contributed by atoms with Crippen LogP contribution in [0.2, 0.25) is 0 Å². The zero-order valence-corrected chi connectivity index (χ0v) is 15.5. The van der Waals surface area contributed by atoms with E-state index in [1.807, 2.05) is 39.0 Å². The zero-order valence-electron chi connectivity index (χ0n) is 15.5. The lowest BCUT2D eigenvalue weighted by Gasteiger charge is -2.17. The van der Waals surface area contributed by atoms with Crippen molar-refractivity contribution in [2.75, 3.05) is 18.0 Å².